The van der Waals surface area contributed by atoms with E-state index in [1.807, 2.05) is 0 Å². The summed E-state index contributed by atoms with van der Waals surface area (Å²) in [5.74, 6) is 1.14. The molecule has 0 radical (unpaired) electrons. The molecular formula is C13H18N2. The molecule has 0 saturated carbocycles. The third-order valence-electron chi connectivity index (χ3n) is 2.71. The maximum atomic E-state index is 4.71. The van der Waals surface area contributed by atoms with Gasteiger partial charge in [0.15, 0.2) is 0 Å². The van der Waals surface area contributed by atoms with Gasteiger partial charge in [0.2, 0.25) is 0 Å². The second-order valence-corrected chi connectivity index (χ2v) is 5.24. The van der Waals surface area contributed by atoms with Crippen LogP contribution in [-0.2, 0) is 12.5 Å². The number of benzene rings is 1. The highest BCUT2D eigenvalue weighted by molar-refractivity contribution is 5.77. The van der Waals surface area contributed by atoms with Crippen molar-refractivity contribution in [3.8, 4) is 0 Å². The van der Waals surface area contributed by atoms with Gasteiger partial charge in [0.05, 0.1) is 11.0 Å². The predicted octanol–water partition coefficient (Wildman–Crippen LogP) is 3.18. The van der Waals surface area contributed by atoms with Crippen molar-refractivity contribution in [1.29, 1.82) is 0 Å². The molecule has 0 atom stereocenters. The molecule has 2 heteroatoms. The van der Waals surface area contributed by atoms with Crippen LogP contribution in [0.2, 0.25) is 0 Å². The van der Waals surface area contributed by atoms with Gasteiger partial charge in [-0.2, -0.15) is 0 Å². The zero-order chi connectivity index (χ0) is 11.2. The Bertz CT molecular complexity index is 501. The molecule has 1 aromatic carbocycles. The zero-order valence-electron chi connectivity index (χ0n) is 10.1. The van der Waals surface area contributed by atoms with E-state index in [0.29, 0.717) is 0 Å². The van der Waals surface area contributed by atoms with Crippen LogP contribution in [0.3, 0.4) is 0 Å². The number of aromatic nitrogens is 2. The molecule has 0 unspecified atom stereocenters. The van der Waals surface area contributed by atoms with E-state index < -0.39 is 0 Å². The van der Waals surface area contributed by atoms with E-state index in [1.165, 1.54) is 11.1 Å². The van der Waals surface area contributed by atoms with Crippen molar-refractivity contribution in [2.24, 2.45) is 7.05 Å². The van der Waals surface area contributed by atoms with Gasteiger partial charge in [-0.25, -0.2) is 4.98 Å². The Labute approximate surface area is 90.9 Å². The molecule has 0 aliphatic rings. The Morgan fingerprint density at radius 3 is 2.47 bits per heavy atom. The van der Waals surface area contributed by atoms with Gasteiger partial charge in [0.25, 0.3) is 0 Å². The van der Waals surface area contributed by atoms with E-state index in [9.17, 15) is 0 Å². The van der Waals surface area contributed by atoms with Crippen LogP contribution in [0.15, 0.2) is 18.2 Å². The highest BCUT2D eigenvalue weighted by Gasteiger charge is 2.20. The van der Waals surface area contributed by atoms with E-state index >= 15 is 0 Å². The second kappa shape index (κ2) is 3.09. The van der Waals surface area contributed by atoms with Gasteiger partial charge in [0, 0.05) is 12.5 Å². The first-order valence-electron chi connectivity index (χ1n) is 5.33. The molecule has 2 rings (SSSR count). The van der Waals surface area contributed by atoms with Crippen molar-refractivity contribution in [2.75, 3.05) is 0 Å². The standard InChI is InChI=1S/C13H18N2/c1-9-6-7-11-10(8-9)14-12(15(11)5)13(2,3)4/h6-8H,1-5H3. The third-order valence-corrected chi connectivity index (χ3v) is 2.71. The van der Waals surface area contributed by atoms with Crippen molar-refractivity contribution in [3.63, 3.8) is 0 Å². The number of imidazole rings is 1. The van der Waals surface area contributed by atoms with Gasteiger partial charge in [-0.1, -0.05) is 26.8 Å². The van der Waals surface area contributed by atoms with Gasteiger partial charge < -0.3 is 4.57 Å². The van der Waals surface area contributed by atoms with Crippen LogP contribution in [0.4, 0.5) is 0 Å². The van der Waals surface area contributed by atoms with Crippen molar-refractivity contribution in [3.05, 3.63) is 29.6 Å². The van der Waals surface area contributed by atoms with Crippen molar-refractivity contribution < 1.29 is 0 Å². The number of nitrogens with zero attached hydrogens (tertiary/aromatic N) is 2. The Morgan fingerprint density at radius 2 is 1.87 bits per heavy atom. The summed E-state index contributed by atoms with van der Waals surface area (Å²) in [6.45, 7) is 8.69. The summed E-state index contributed by atoms with van der Waals surface area (Å²) in [7, 11) is 2.09. The SMILES string of the molecule is Cc1ccc2c(c1)nc(C(C)(C)C)n2C. The number of hydrogen-bond donors (Lipinski definition) is 0. The normalized spacial score (nSPS) is 12.3. The summed E-state index contributed by atoms with van der Waals surface area (Å²) >= 11 is 0. The molecule has 1 aromatic heterocycles. The van der Waals surface area contributed by atoms with Crippen LogP contribution in [0.1, 0.15) is 32.2 Å². The fraction of sp³-hybridized carbons (Fsp3) is 0.462. The number of fused-ring (bicyclic) bond motifs is 1. The molecule has 0 aliphatic carbocycles. The minimum atomic E-state index is 0.0989. The Kier molecular flexibility index (Phi) is 2.10. The van der Waals surface area contributed by atoms with E-state index in [1.54, 1.807) is 0 Å². The fourth-order valence-electron chi connectivity index (χ4n) is 1.98. The maximum Gasteiger partial charge on any atom is 0.115 e. The lowest BCUT2D eigenvalue weighted by atomic mass is 9.96. The highest BCUT2D eigenvalue weighted by Crippen LogP contribution is 2.25. The molecular weight excluding hydrogens is 184 g/mol. The maximum absolute atomic E-state index is 4.71. The number of aryl methyl sites for hydroxylation is 2. The average Bonchev–Trinajstić information content (AvgIpc) is 2.42. The molecule has 0 fully saturated rings. The van der Waals surface area contributed by atoms with E-state index in [0.717, 1.165) is 11.3 Å². The molecule has 0 N–H and O–H groups in total. The summed E-state index contributed by atoms with van der Waals surface area (Å²) in [5, 5.41) is 0. The predicted molar refractivity (Wildman–Crippen MR) is 64.2 cm³/mol. The zero-order valence-corrected chi connectivity index (χ0v) is 10.1. The minimum absolute atomic E-state index is 0.0989. The van der Waals surface area contributed by atoms with E-state index in [4.69, 9.17) is 4.98 Å². The van der Waals surface area contributed by atoms with Gasteiger partial charge >= 0.3 is 0 Å². The quantitative estimate of drug-likeness (QED) is 0.641. The molecule has 0 bridgehead atoms. The highest BCUT2D eigenvalue weighted by atomic mass is 15.1. The van der Waals surface area contributed by atoms with Crippen LogP contribution >= 0.6 is 0 Å². The molecule has 0 saturated heterocycles. The van der Waals surface area contributed by atoms with Crippen LogP contribution < -0.4 is 0 Å². The Balaban J connectivity index is 2.75. The molecule has 1 heterocycles. The summed E-state index contributed by atoms with van der Waals surface area (Å²) in [4.78, 5) is 4.71. The second-order valence-electron chi connectivity index (χ2n) is 5.24. The molecule has 0 amide bonds. The molecule has 0 spiro atoms. The monoisotopic (exact) mass is 202 g/mol. The van der Waals surface area contributed by atoms with Crippen LogP contribution in [0.5, 0.6) is 0 Å². The van der Waals surface area contributed by atoms with Crippen LogP contribution in [0.25, 0.3) is 11.0 Å². The van der Waals surface area contributed by atoms with E-state index in [2.05, 4.69) is 57.5 Å². The molecule has 15 heavy (non-hydrogen) atoms. The Morgan fingerprint density at radius 1 is 1.20 bits per heavy atom. The molecule has 2 aromatic rings. The lowest BCUT2D eigenvalue weighted by Gasteiger charge is -2.17. The first-order chi connectivity index (χ1) is 6.89. The number of hydrogen-bond acceptors (Lipinski definition) is 1. The smallest absolute Gasteiger partial charge is 0.115 e. The summed E-state index contributed by atoms with van der Waals surface area (Å²) in [6.07, 6.45) is 0. The molecule has 0 aliphatic heterocycles. The summed E-state index contributed by atoms with van der Waals surface area (Å²) in [5.41, 5.74) is 3.68. The first kappa shape index (κ1) is 10.2. The fourth-order valence-corrected chi connectivity index (χ4v) is 1.98. The van der Waals surface area contributed by atoms with Gasteiger partial charge in [-0.05, 0) is 24.6 Å². The third kappa shape index (κ3) is 1.65. The lowest BCUT2D eigenvalue weighted by molar-refractivity contribution is 0.526. The largest absolute Gasteiger partial charge is 0.331 e. The van der Waals surface area contributed by atoms with Crippen LogP contribution in [-0.4, -0.2) is 9.55 Å². The van der Waals surface area contributed by atoms with Crippen molar-refractivity contribution in [1.82, 2.24) is 9.55 Å². The van der Waals surface area contributed by atoms with Gasteiger partial charge in [0.1, 0.15) is 5.82 Å². The van der Waals surface area contributed by atoms with Gasteiger partial charge in [-0.3, -0.25) is 0 Å². The molecule has 80 valence electrons. The van der Waals surface area contributed by atoms with E-state index in [-0.39, 0.29) is 5.41 Å². The van der Waals surface area contributed by atoms with Crippen molar-refractivity contribution >= 4 is 11.0 Å². The average molecular weight is 202 g/mol. The topological polar surface area (TPSA) is 17.8 Å². The van der Waals surface area contributed by atoms with Crippen LogP contribution in [0, 0.1) is 6.92 Å². The Hall–Kier alpha value is -1.31. The summed E-state index contributed by atoms with van der Waals surface area (Å²) < 4.78 is 2.19. The lowest BCUT2D eigenvalue weighted by Crippen LogP contribution is -2.17. The van der Waals surface area contributed by atoms with Crippen molar-refractivity contribution in [2.45, 2.75) is 33.1 Å². The first-order valence-corrected chi connectivity index (χ1v) is 5.33. The minimum Gasteiger partial charge on any atom is -0.331 e. The molecule has 2 nitrogen and oxygen atoms in total. The summed E-state index contributed by atoms with van der Waals surface area (Å²) in [6, 6.07) is 6.42. The van der Waals surface area contributed by atoms with Gasteiger partial charge in [-0.15, -0.1) is 0 Å². The number of rotatable bonds is 0.